The summed E-state index contributed by atoms with van der Waals surface area (Å²) in [6.45, 7) is 0.678. The van der Waals surface area contributed by atoms with Gasteiger partial charge in [0.1, 0.15) is 0 Å². The second-order valence-electron chi connectivity index (χ2n) is 4.11. The Morgan fingerprint density at radius 3 is 2.89 bits per heavy atom. The van der Waals surface area contributed by atoms with Gasteiger partial charge in [0.15, 0.2) is 0 Å². The van der Waals surface area contributed by atoms with E-state index in [9.17, 15) is 0 Å². The van der Waals surface area contributed by atoms with Gasteiger partial charge in [-0.05, 0) is 18.1 Å². The Morgan fingerprint density at radius 2 is 2.05 bits per heavy atom. The molecule has 0 fully saturated rings. The summed E-state index contributed by atoms with van der Waals surface area (Å²) >= 11 is 0. The van der Waals surface area contributed by atoms with Gasteiger partial charge in [0, 0.05) is 18.1 Å². The zero-order valence-corrected chi connectivity index (χ0v) is 10.2. The first-order valence-electron chi connectivity index (χ1n) is 5.98. The number of anilines is 2. The van der Waals surface area contributed by atoms with Gasteiger partial charge in [-0.15, -0.1) is 0 Å². The molecule has 0 bridgehead atoms. The monoisotopic (exact) mass is 255 g/mol. The number of pyridine rings is 1. The fraction of sp³-hybridized carbons (Fsp3) is 0.154. The molecule has 3 aromatic rings. The highest BCUT2D eigenvalue weighted by atomic mass is 16.4. The molecule has 6 heteroatoms. The van der Waals surface area contributed by atoms with Gasteiger partial charge in [-0.1, -0.05) is 34.5 Å². The molecule has 0 aliphatic carbocycles. The summed E-state index contributed by atoms with van der Waals surface area (Å²) < 4.78 is 5.04. The van der Waals surface area contributed by atoms with Crippen LogP contribution >= 0.6 is 0 Å². The summed E-state index contributed by atoms with van der Waals surface area (Å²) in [6.07, 6.45) is 2.62. The molecule has 96 valence electrons. The average molecular weight is 255 g/mol. The van der Waals surface area contributed by atoms with Crippen LogP contribution < -0.4 is 11.1 Å². The van der Waals surface area contributed by atoms with E-state index in [1.165, 1.54) is 5.56 Å². The van der Waals surface area contributed by atoms with Gasteiger partial charge >= 0.3 is 12.0 Å². The van der Waals surface area contributed by atoms with Gasteiger partial charge in [-0.2, -0.15) is 0 Å². The number of nitrogens with one attached hydrogen (secondary N) is 1. The molecular formula is C13H13N5O. The van der Waals surface area contributed by atoms with E-state index in [4.69, 9.17) is 10.2 Å². The second kappa shape index (κ2) is 4.93. The summed E-state index contributed by atoms with van der Waals surface area (Å²) in [5.74, 6) is 0. The zero-order valence-electron chi connectivity index (χ0n) is 10.2. The Balaban J connectivity index is 1.71. The van der Waals surface area contributed by atoms with Crippen LogP contribution in [0.5, 0.6) is 0 Å². The first-order valence-corrected chi connectivity index (χ1v) is 5.98. The van der Waals surface area contributed by atoms with Crippen molar-refractivity contribution in [3.8, 4) is 0 Å². The van der Waals surface area contributed by atoms with E-state index in [0.29, 0.717) is 12.6 Å². The number of nitrogen functional groups attached to an aromatic ring is 1. The highest BCUT2D eigenvalue weighted by Crippen LogP contribution is 2.16. The van der Waals surface area contributed by atoms with Crippen molar-refractivity contribution in [1.82, 2.24) is 15.2 Å². The lowest BCUT2D eigenvalue weighted by molar-refractivity contribution is 0.586. The Kier molecular flexibility index (Phi) is 2.97. The fourth-order valence-corrected chi connectivity index (χ4v) is 1.98. The van der Waals surface area contributed by atoms with E-state index in [1.54, 1.807) is 6.20 Å². The molecular weight excluding hydrogens is 242 g/mol. The third-order valence-corrected chi connectivity index (χ3v) is 2.83. The van der Waals surface area contributed by atoms with Crippen molar-refractivity contribution in [3.05, 3.63) is 42.1 Å². The normalized spacial score (nSPS) is 10.7. The maximum Gasteiger partial charge on any atom is 0.316 e. The lowest BCUT2D eigenvalue weighted by Crippen LogP contribution is -2.05. The Labute approximate surface area is 109 Å². The SMILES string of the molecule is Nc1nnc(NCCc2cccc3cccnc23)o1. The minimum Gasteiger partial charge on any atom is -0.390 e. The van der Waals surface area contributed by atoms with Crippen LogP contribution in [0.4, 0.5) is 12.0 Å². The lowest BCUT2D eigenvalue weighted by atomic mass is 10.1. The van der Waals surface area contributed by atoms with E-state index in [-0.39, 0.29) is 6.01 Å². The highest BCUT2D eigenvalue weighted by molar-refractivity contribution is 5.81. The molecule has 0 amide bonds. The number of nitrogens with zero attached hydrogens (tertiary/aromatic N) is 3. The van der Waals surface area contributed by atoms with E-state index in [0.717, 1.165) is 17.3 Å². The minimum atomic E-state index is 0.0642. The van der Waals surface area contributed by atoms with Crippen molar-refractivity contribution in [1.29, 1.82) is 0 Å². The van der Waals surface area contributed by atoms with Crippen molar-refractivity contribution >= 4 is 22.9 Å². The average Bonchev–Trinajstić information content (AvgIpc) is 2.85. The molecule has 2 aromatic heterocycles. The Bertz CT molecular complexity index is 689. The summed E-state index contributed by atoms with van der Waals surface area (Å²) in [6, 6.07) is 10.5. The Morgan fingerprint density at radius 1 is 1.16 bits per heavy atom. The van der Waals surface area contributed by atoms with Crippen molar-refractivity contribution in [2.75, 3.05) is 17.6 Å². The first-order chi connectivity index (χ1) is 9.33. The number of fused-ring (bicyclic) bond motifs is 1. The third-order valence-electron chi connectivity index (χ3n) is 2.83. The molecule has 3 rings (SSSR count). The predicted octanol–water partition coefficient (Wildman–Crippen LogP) is 1.85. The maximum atomic E-state index is 5.35. The maximum absolute atomic E-state index is 5.35. The van der Waals surface area contributed by atoms with Crippen LogP contribution in [0.3, 0.4) is 0 Å². The number of aromatic nitrogens is 3. The molecule has 1 aromatic carbocycles. The van der Waals surface area contributed by atoms with Gasteiger partial charge in [-0.3, -0.25) is 4.98 Å². The highest BCUT2D eigenvalue weighted by Gasteiger charge is 2.04. The van der Waals surface area contributed by atoms with Gasteiger partial charge in [0.2, 0.25) is 0 Å². The zero-order chi connectivity index (χ0) is 13.1. The molecule has 0 saturated carbocycles. The number of rotatable bonds is 4. The third kappa shape index (κ3) is 2.47. The molecule has 6 nitrogen and oxygen atoms in total. The first kappa shape index (κ1) is 11.5. The van der Waals surface area contributed by atoms with Crippen molar-refractivity contribution in [3.63, 3.8) is 0 Å². The number of hydrogen-bond donors (Lipinski definition) is 2. The van der Waals surface area contributed by atoms with Gasteiger partial charge in [-0.25, -0.2) is 0 Å². The van der Waals surface area contributed by atoms with Crippen molar-refractivity contribution in [2.45, 2.75) is 6.42 Å². The van der Waals surface area contributed by atoms with Crippen LogP contribution in [-0.2, 0) is 6.42 Å². The van der Waals surface area contributed by atoms with E-state index in [1.807, 2.05) is 12.1 Å². The number of benzene rings is 1. The number of nitrogens with two attached hydrogens (primary N) is 1. The molecule has 0 atom stereocenters. The van der Waals surface area contributed by atoms with Crippen molar-refractivity contribution < 1.29 is 4.42 Å². The quantitative estimate of drug-likeness (QED) is 0.739. The molecule has 0 aliphatic heterocycles. The predicted molar refractivity (Wildman–Crippen MR) is 72.6 cm³/mol. The largest absolute Gasteiger partial charge is 0.390 e. The summed E-state index contributed by atoms with van der Waals surface area (Å²) in [4.78, 5) is 4.41. The van der Waals surface area contributed by atoms with Crippen LogP contribution in [-0.4, -0.2) is 21.7 Å². The number of hydrogen-bond acceptors (Lipinski definition) is 6. The smallest absolute Gasteiger partial charge is 0.316 e. The van der Waals surface area contributed by atoms with E-state index in [2.05, 4.69) is 38.7 Å². The topological polar surface area (TPSA) is 89.9 Å². The molecule has 0 radical (unpaired) electrons. The fourth-order valence-electron chi connectivity index (χ4n) is 1.98. The minimum absolute atomic E-state index is 0.0642. The second-order valence-corrected chi connectivity index (χ2v) is 4.11. The van der Waals surface area contributed by atoms with Crippen LogP contribution in [0.25, 0.3) is 10.9 Å². The van der Waals surface area contributed by atoms with Crippen molar-refractivity contribution in [2.24, 2.45) is 0 Å². The molecule has 0 saturated heterocycles. The van der Waals surface area contributed by atoms with Gasteiger partial charge in [0.05, 0.1) is 5.52 Å². The number of para-hydroxylation sites is 1. The summed E-state index contributed by atoms with van der Waals surface area (Å²) in [5, 5.41) is 11.5. The van der Waals surface area contributed by atoms with Gasteiger partial charge < -0.3 is 15.5 Å². The Hall–Kier alpha value is -2.63. The molecule has 0 spiro atoms. The summed E-state index contributed by atoms with van der Waals surface area (Å²) in [7, 11) is 0. The summed E-state index contributed by atoms with van der Waals surface area (Å²) in [5.41, 5.74) is 7.55. The molecule has 2 heterocycles. The van der Waals surface area contributed by atoms with Crippen LogP contribution in [0.15, 0.2) is 40.9 Å². The molecule has 3 N–H and O–H groups in total. The van der Waals surface area contributed by atoms with Crippen LogP contribution in [0, 0.1) is 0 Å². The van der Waals surface area contributed by atoms with Crippen LogP contribution in [0.2, 0.25) is 0 Å². The molecule has 0 unspecified atom stereocenters. The lowest BCUT2D eigenvalue weighted by Gasteiger charge is -2.05. The van der Waals surface area contributed by atoms with E-state index < -0.39 is 0 Å². The standard InChI is InChI=1S/C13H13N5O/c14-12-17-18-13(19-12)16-8-6-10-4-1-3-9-5-2-7-15-11(9)10/h1-5,7H,6,8H2,(H2,14,17)(H,16,18). The van der Waals surface area contributed by atoms with Crippen LogP contribution in [0.1, 0.15) is 5.56 Å². The molecule has 0 aliphatic rings. The van der Waals surface area contributed by atoms with Gasteiger partial charge in [0.25, 0.3) is 0 Å². The van der Waals surface area contributed by atoms with E-state index >= 15 is 0 Å². The molecule has 19 heavy (non-hydrogen) atoms.